The van der Waals surface area contributed by atoms with Crippen LogP contribution in [0.2, 0.25) is 0 Å². The minimum absolute atomic E-state index is 0.0430. The van der Waals surface area contributed by atoms with E-state index in [4.69, 9.17) is 32.8 Å². The summed E-state index contributed by atoms with van der Waals surface area (Å²) in [4.78, 5) is 103. The highest BCUT2D eigenvalue weighted by molar-refractivity contribution is 9.10. The molecule has 0 aromatic rings. The van der Waals surface area contributed by atoms with Crippen molar-refractivity contribution in [2.24, 2.45) is 58.4 Å². The van der Waals surface area contributed by atoms with Crippen molar-refractivity contribution < 1.29 is 39.0 Å². The van der Waals surface area contributed by atoms with Gasteiger partial charge in [-0.05, 0) is 194 Å². The van der Waals surface area contributed by atoms with Gasteiger partial charge in [-0.15, -0.1) is 0 Å². The van der Waals surface area contributed by atoms with E-state index in [0.29, 0.717) is 64.2 Å². The summed E-state index contributed by atoms with van der Waals surface area (Å²) in [5.74, 6) is -0.161. The predicted octanol–water partition coefficient (Wildman–Crippen LogP) is 10.3. The van der Waals surface area contributed by atoms with Crippen molar-refractivity contribution in [2.75, 3.05) is 278 Å². The van der Waals surface area contributed by atoms with Crippen LogP contribution in [0.5, 0.6) is 0 Å². The molecular weight excluding hydrogens is 1750 g/mol. The molecule has 0 bridgehead atoms. The van der Waals surface area contributed by atoms with Crippen LogP contribution < -0.4 is 44.2 Å². The van der Waals surface area contributed by atoms with Crippen molar-refractivity contribution in [2.45, 2.75) is 238 Å². The second kappa shape index (κ2) is 94.0. The number of alkyl halides is 3. The van der Waals surface area contributed by atoms with Gasteiger partial charge in [0, 0.05) is 128 Å². The van der Waals surface area contributed by atoms with Gasteiger partial charge in [-0.1, -0.05) is 260 Å². The monoisotopic (exact) mass is 1950 g/mol. The molecule has 31 heteroatoms. The minimum atomic E-state index is -1.04. The lowest BCUT2D eigenvalue weighted by molar-refractivity contribution is -0.142. The number of nitrogens with two attached hydrogens (primary N) is 4. The van der Waals surface area contributed by atoms with Crippen LogP contribution in [0, 0.1) is 35.5 Å². The van der Waals surface area contributed by atoms with Gasteiger partial charge >= 0.3 is 5.97 Å². The molecule has 740 valence electrons. The van der Waals surface area contributed by atoms with E-state index in [2.05, 4.69) is 280 Å². The van der Waals surface area contributed by atoms with Gasteiger partial charge in [0.2, 0.25) is 23.6 Å². The molecule has 4 amide bonds. The molecule has 0 fully saturated rings. The summed E-state index contributed by atoms with van der Waals surface area (Å²) < 4.78 is 0. The number of amides is 4. The number of carboxylic acid groups (broad SMARTS) is 2. The van der Waals surface area contributed by atoms with E-state index in [0.717, 1.165) is 231 Å². The van der Waals surface area contributed by atoms with Crippen LogP contribution in [0.15, 0.2) is 12.2 Å². The average Bonchev–Trinajstić information content (AvgIpc) is 0.871. The van der Waals surface area contributed by atoms with E-state index in [9.17, 15) is 29.1 Å². The Hall–Kier alpha value is -2.64. The second-order valence-electron chi connectivity index (χ2n) is 31.8. The topological polar surface area (TPSA) is 334 Å². The molecule has 0 aliphatic rings. The summed E-state index contributed by atoms with van der Waals surface area (Å²) in [5, 5.41) is 32.9. The summed E-state index contributed by atoms with van der Waals surface area (Å²) in [7, 11) is 0. The molecule has 0 aliphatic carbocycles. The summed E-state index contributed by atoms with van der Waals surface area (Å²) in [6.07, 6.45) is 2.66. The van der Waals surface area contributed by atoms with E-state index in [1.54, 1.807) is 0 Å². The molecule has 14 N–H and O–H groups in total. The zero-order valence-corrected chi connectivity index (χ0v) is 89.7. The van der Waals surface area contributed by atoms with Gasteiger partial charge in [-0.25, -0.2) is 0 Å². The molecule has 28 nitrogen and oxygen atoms in total. The van der Waals surface area contributed by atoms with Gasteiger partial charge in [0.05, 0.1) is 5.92 Å². The number of nitrogens with zero attached hydrogens (tertiary/aromatic N) is 12. The molecule has 0 radical (unpaired) electrons. The van der Waals surface area contributed by atoms with Crippen LogP contribution in [0.4, 0.5) is 0 Å². The van der Waals surface area contributed by atoms with Gasteiger partial charge in [0.15, 0.2) is 0 Å². The molecule has 0 aromatic carbocycles. The van der Waals surface area contributed by atoms with Crippen molar-refractivity contribution in [3.63, 3.8) is 0 Å². The van der Waals surface area contributed by atoms with Crippen LogP contribution in [-0.2, 0) is 28.8 Å². The largest absolute Gasteiger partial charge is 0.481 e. The average molecular weight is 1960 g/mol. The molecular formula is C92H203Br3N20O8. The third kappa shape index (κ3) is 75.7. The first kappa shape index (κ1) is 136. The van der Waals surface area contributed by atoms with E-state index in [-0.39, 0.29) is 66.8 Å². The zero-order valence-electron chi connectivity index (χ0n) is 85.0. The quantitative estimate of drug-likeness (QED) is 0.0200. The van der Waals surface area contributed by atoms with E-state index < -0.39 is 17.9 Å². The Balaban J connectivity index is -0.000000260. The molecule has 0 aliphatic heterocycles. The van der Waals surface area contributed by atoms with Crippen LogP contribution in [0.3, 0.4) is 0 Å². The van der Waals surface area contributed by atoms with E-state index in [1.807, 2.05) is 48.5 Å². The van der Waals surface area contributed by atoms with Crippen molar-refractivity contribution in [1.29, 1.82) is 0 Å². The lowest BCUT2D eigenvalue weighted by Crippen LogP contribution is -2.56. The van der Waals surface area contributed by atoms with Gasteiger partial charge in [-0.2, -0.15) is 0 Å². The number of likely N-dealkylation sites (N-methyl/N-ethyl adjacent to an activating group) is 12. The number of nitrogens with one attached hydrogen (secondary N) is 4. The van der Waals surface area contributed by atoms with Crippen molar-refractivity contribution in [3.05, 3.63) is 12.2 Å². The smallest absolute Gasteiger partial charge is 0.310 e. The predicted molar refractivity (Wildman–Crippen MR) is 542 cm³/mol. The first-order valence-electron chi connectivity index (χ1n) is 47.8. The molecule has 0 saturated carbocycles. The Bertz CT molecular complexity index is 2190. The Morgan fingerprint density at radius 2 is 0.480 bits per heavy atom. The maximum Gasteiger partial charge on any atom is 0.310 e. The third-order valence-electron chi connectivity index (χ3n) is 22.6. The highest BCUT2D eigenvalue weighted by Gasteiger charge is 2.33. The number of allylic oxidation sites excluding steroid dienone is 1. The summed E-state index contributed by atoms with van der Waals surface area (Å²) in [5.41, 5.74) is 22.0. The summed E-state index contributed by atoms with van der Waals surface area (Å²) >= 11 is 9.90. The highest BCUT2D eigenvalue weighted by atomic mass is 79.9. The van der Waals surface area contributed by atoms with Crippen molar-refractivity contribution in [1.82, 2.24) is 80.1 Å². The number of hydrogen-bond acceptors (Lipinski definition) is 22. The Morgan fingerprint density at radius 1 is 0.301 bits per heavy atom. The van der Waals surface area contributed by atoms with Gasteiger partial charge < -0.3 is 93.6 Å². The Morgan fingerprint density at radius 3 is 0.593 bits per heavy atom. The van der Waals surface area contributed by atoms with Gasteiger partial charge in [0.25, 0.3) is 5.97 Å². The van der Waals surface area contributed by atoms with E-state index in [1.165, 1.54) is 18.4 Å². The lowest BCUT2D eigenvalue weighted by Gasteiger charge is -2.34. The van der Waals surface area contributed by atoms with Gasteiger partial charge in [-0.3, -0.25) is 48.4 Å². The first-order valence-corrected chi connectivity index (χ1v) is 51.2. The molecule has 123 heavy (non-hydrogen) atoms. The molecule has 4 atom stereocenters. The molecule has 0 rings (SSSR count). The van der Waals surface area contributed by atoms with Crippen molar-refractivity contribution >= 4 is 83.4 Å². The molecule has 0 saturated heterocycles. The number of hydrogen-bond donors (Lipinski definition) is 10. The zero-order chi connectivity index (χ0) is 96.4. The van der Waals surface area contributed by atoms with Crippen LogP contribution in [0.25, 0.3) is 0 Å². The summed E-state index contributed by atoms with van der Waals surface area (Å²) in [6.45, 7) is 96.4. The molecule has 0 spiro atoms. The van der Waals surface area contributed by atoms with Crippen LogP contribution in [0.1, 0.15) is 214 Å². The van der Waals surface area contributed by atoms with Crippen molar-refractivity contribution in [3.8, 4) is 0 Å². The maximum absolute atomic E-state index is 13.6. The minimum Gasteiger partial charge on any atom is -0.481 e. The van der Waals surface area contributed by atoms with Gasteiger partial charge in [0.1, 0.15) is 24.2 Å². The fraction of sp³-hybridized carbons (Fsp3) is 0.913. The van der Waals surface area contributed by atoms with Crippen LogP contribution in [-0.4, -0.2) is 407 Å². The SMILES string of the molecule is C=C(C)CBr.CC(=O)O.CC(CBr)CBr.CC(CN)CN.CC(CN)CN.CCC(C)CC.CCN(CC)CCN(CC)C[C@@H](C(=O)NCC(C)CNC(=O)[C@H](CN(CC)CCN(CC)CC)N(CC)CC)N(CC)CC.CCN(CC)CCN(CC)C[C@@H](C(=O)NCC(CNC(=O)[C@H](CN(CC)CCN(CC)CC)N(CC)CC)C(=O)O)N(CC)CC. The number of carboxylic acids is 2. The second-order valence-corrected chi connectivity index (χ2v) is 33.7. The highest BCUT2D eigenvalue weighted by Crippen LogP contribution is 2.12. The molecule has 0 heterocycles. The third-order valence-corrected chi connectivity index (χ3v) is 25.8. The Kier molecular flexibility index (Phi) is 104. The lowest BCUT2D eigenvalue weighted by atomic mass is 10.1. The number of aliphatic carboxylic acids is 2. The number of carbonyl (C=O) groups excluding carboxylic acids is 4. The number of carbonyl (C=O) groups is 6. The fourth-order valence-electron chi connectivity index (χ4n) is 12.2. The maximum atomic E-state index is 13.6. The first-order chi connectivity index (χ1) is 58.4. The summed E-state index contributed by atoms with van der Waals surface area (Å²) in [6, 6.07) is -1.16. The van der Waals surface area contributed by atoms with E-state index >= 15 is 0 Å². The normalized spacial score (nSPS) is 12.4. The number of rotatable bonds is 66. The standard InChI is InChI=1S/C34H72N8O4.C34H74N8O2.C6H14.C4H8Br2.C4H7Br.2C4H12N2.C2H4O2/c1-11-37(12-2)21-23-39(15-5)27-30(41(17-7)18-8)32(43)35-25-29(34(45)46)26-36-33(44)31(42(19-9)20-10)28-40(16-6)24-22-38(13-3)14-4;1-12-37(13-2)22-24-39(16-5)28-31(41(18-7)19-8)33(43)35-26-30(11)27-36-34(44)32(42(20-9)21-10)29-40(17-6)25-23-38(14-3)15-4;1-4-6(3)5-2;1-4(2-5)3-6;1-4(2)3-5;2*1-4(2-5)3-6;1-2(3)4/h29-31H,11-28H2,1-10H3,(H,35,43)(H,36,44)(H,45,46);30-32H,12-29H2,1-11H3,(H,35,43)(H,36,44);6H,4-5H2,1-3H3;4H,2-3H2,1H3;1,3H2,2H3;2*4H,2-3,5-6H2,1H3;1H3,(H,3,4)/t30-,31-;31-,32-;;;;;;/m00....../s1. The molecule has 0 unspecified atom stereocenters. The number of halogens is 3. The molecule has 0 aromatic heterocycles. The van der Waals surface area contributed by atoms with Crippen LogP contribution >= 0.6 is 47.8 Å². The fourth-order valence-corrected chi connectivity index (χ4v) is 13.3. The Labute approximate surface area is 783 Å².